The van der Waals surface area contributed by atoms with E-state index < -0.39 is 0 Å². The minimum Gasteiger partial charge on any atom is -0.496 e. The number of aryl methyl sites for hydroxylation is 2. The molecule has 5 rings (SSSR count). The number of benzene rings is 1. The van der Waals surface area contributed by atoms with Crippen LogP contribution in [-0.4, -0.2) is 41.1 Å². The number of methoxy groups -OCH3 is 1. The van der Waals surface area contributed by atoms with Crippen LogP contribution in [0.4, 0.5) is 5.95 Å². The first kappa shape index (κ1) is 19.8. The van der Waals surface area contributed by atoms with Gasteiger partial charge in [-0.1, -0.05) is 13.0 Å². The molecule has 2 bridgehead atoms. The molecule has 0 unspecified atom stereocenters. The first-order valence-electron chi connectivity index (χ1n) is 11.5. The molecule has 4 heterocycles. The summed E-state index contributed by atoms with van der Waals surface area (Å²) in [5.41, 5.74) is 6.60. The van der Waals surface area contributed by atoms with Gasteiger partial charge in [-0.25, -0.2) is 9.97 Å². The second-order valence-corrected chi connectivity index (χ2v) is 9.64. The molecule has 0 amide bonds. The molecule has 2 fully saturated rings. The van der Waals surface area contributed by atoms with Crippen LogP contribution >= 0.6 is 0 Å². The smallest absolute Gasteiger partial charge is 0.225 e. The van der Waals surface area contributed by atoms with Crippen LogP contribution in [0, 0.1) is 19.8 Å². The SMILES string of the molecule is COc1cc(C)c(CN2[C@H]3CC[C@@H]2c2cnc(N4CCC[C@H](C)C4)nc2C3)cc1C. The van der Waals surface area contributed by atoms with E-state index in [-0.39, 0.29) is 0 Å². The average Bonchev–Trinajstić information content (AvgIpc) is 3.01. The first-order chi connectivity index (χ1) is 14.5. The Morgan fingerprint density at radius 3 is 2.80 bits per heavy atom. The lowest BCUT2D eigenvalue weighted by molar-refractivity contribution is 0.166. The van der Waals surface area contributed by atoms with Crippen molar-refractivity contribution < 1.29 is 4.74 Å². The maximum absolute atomic E-state index is 5.51. The number of hydrogen-bond donors (Lipinski definition) is 0. The summed E-state index contributed by atoms with van der Waals surface area (Å²) in [5.74, 6) is 2.67. The van der Waals surface area contributed by atoms with Gasteiger partial charge >= 0.3 is 0 Å². The Bertz CT molecular complexity index is 943. The Hall–Kier alpha value is -2.14. The van der Waals surface area contributed by atoms with Crippen molar-refractivity contribution in [3.63, 3.8) is 0 Å². The van der Waals surface area contributed by atoms with Gasteiger partial charge in [0.2, 0.25) is 5.95 Å². The minimum absolute atomic E-state index is 0.454. The van der Waals surface area contributed by atoms with E-state index >= 15 is 0 Å². The monoisotopic (exact) mass is 406 g/mol. The number of rotatable bonds is 4. The maximum Gasteiger partial charge on any atom is 0.225 e. The lowest BCUT2D eigenvalue weighted by Gasteiger charge is -2.37. The van der Waals surface area contributed by atoms with Crippen molar-refractivity contribution >= 4 is 5.95 Å². The van der Waals surface area contributed by atoms with Crippen molar-refractivity contribution in [2.24, 2.45) is 5.92 Å². The van der Waals surface area contributed by atoms with E-state index in [9.17, 15) is 0 Å². The largest absolute Gasteiger partial charge is 0.496 e. The van der Waals surface area contributed by atoms with Crippen molar-refractivity contribution in [2.45, 2.75) is 71.5 Å². The van der Waals surface area contributed by atoms with Gasteiger partial charge in [-0.05, 0) is 68.2 Å². The zero-order valence-corrected chi connectivity index (χ0v) is 18.8. The molecule has 1 aromatic heterocycles. The molecular formula is C25H34N4O. The molecule has 30 heavy (non-hydrogen) atoms. The van der Waals surface area contributed by atoms with Crippen molar-refractivity contribution in [1.82, 2.24) is 14.9 Å². The van der Waals surface area contributed by atoms with Crippen molar-refractivity contribution in [3.05, 3.63) is 46.3 Å². The fourth-order valence-electron chi connectivity index (χ4n) is 5.77. The highest BCUT2D eigenvalue weighted by molar-refractivity contribution is 5.42. The molecule has 160 valence electrons. The molecule has 3 atom stereocenters. The van der Waals surface area contributed by atoms with Gasteiger partial charge in [-0.3, -0.25) is 4.90 Å². The number of ether oxygens (including phenoxy) is 1. The van der Waals surface area contributed by atoms with Gasteiger partial charge in [0.1, 0.15) is 5.75 Å². The normalized spacial score (nSPS) is 26.0. The van der Waals surface area contributed by atoms with Crippen LogP contribution in [0.5, 0.6) is 5.75 Å². The lowest BCUT2D eigenvalue weighted by Crippen LogP contribution is -2.39. The number of nitrogens with zero attached hydrogens (tertiary/aromatic N) is 4. The van der Waals surface area contributed by atoms with E-state index in [0.717, 1.165) is 43.7 Å². The third-order valence-corrected chi connectivity index (χ3v) is 7.46. The highest BCUT2D eigenvalue weighted by Crippen LogP contribution is 2.44. The predicted molar refractivity (Wildman–Crippen MR) is 120 cm³/mol. The molecular weight excluding hydrogens is 372 g/mol. The summed E-state index contributed by atoms with van der Waals surface area (Å²) in [4.78, 5) is 15.0. The number of fused-ring (bicyclic) bond motifs is 4. The third-order valence-electron chi connectivity index (χ3n) is 7.46. The van der Waals surface area contributed by atoms with Crippen molar-refractivity contribution in [1.29, 1.82) is 0 Å². The second-order valence-electron chi connectivity index (χ2n) is 9.64. The van der Waals surface area contributed by atoms with Gasteiger partial charge < -0.3 is 9.64 Å². The summed E-state index contributed by atoms with van der Waals surface area (Å²) in [6, 6.07) is 5.53. The number of aromatic nitrogens is 2. The summed E-state index contributed by atoms with van der Waals surface area (Å²) in [6.45, 7) is 9.86. The maximum atomic E-state index is 5.51. The van der Waals surface area contributed by atoms with Crippen LogP contribution in [-0.2, 0) is 13.0 Å². The van der Waals surface area contributed by atoms with Gasteiger partial charge in [0.05, 0.1) is 12.8 Å². The van der Waals surface area contributed by atoms with Crippen LogP contribution < -0.4 is 9.64 Å². The van der Waals surface area contributed by atoms with Crippen LogP contribution in [0.2, 0.25) is 0 Å². The summed E-state index contributed by atoms with van der Waals surface area (Å²) >= 11 is 0. The van der Waals surface area contributed by atoms with Crippen LogP contribution in [0.1, 0.15) is 66.6 Å². The van der Waals surface area contributed by atoms with Gasteiger partial charge in [0.15, 0.2) is 0 Å². The second kappa shape index (κ2) is 7.84. The number of piperidine rings is 1. The topological polar surface area (TPSA) is 41.5 Å². The summed E-state index contributed by atoms with van der Waals surface area (Å²) in [5, 5.41) is 0. The van der Waals surface area contributed by atoms with Crippen LogP contribution in [0.25, 0.3) is 0 Å². The predicted octanol–water partition coefficient (Wildman–Crippen LogP) is 4.60. The molecule has 2 saturated heterocycles. The van der Waals surface area contributed by atoms with Crippen molar-refractivity contribution in [3.8, 4) is 5.75 Å². The summed E-state index contributed by atoms with van der Waals surface area (Å²) in [6.07, 6.45) is 8.24. The zero-order chi connectivity index (χ0) is 20.8. The minimum atomic E-state index is 0.454. The molecule has 3 aliphatic heterocycles. The number of hydrogen-bond acceptors (Lipinski definition) is 5. The highest BCUT2D eigenvalue weighted by Gasteiger charge is 2.41. The highest BCUT2D eigenvalue weighted by atomic mass is 16.5. The molecule has 3 aliphatic rings. The summed E-state index contributed by atoms with van der Waals surface area (Å²) in [7, 11) is 1.75. The van der Waals surface area contributed by atoms with E-state index in [1.54, 1.807) is 7.11 Å². The van der Waals surface area contributed by atoms with Gasteiger partial charge in [0.25, 0.3) is 0 Å². The van der Waals surface area contributed by atoms with Crippen molar-refractivity contribution in [2.75, 3.05) is 25.1 Å². The molecule has 2 aromatic rings. The van der Waals surface area contributed by atoms with E-state index in [4.69, 9.17) is 14.7 Å². The van der Waals surface area contributed by atoms with E-state index in [1.807, 2.05) is 0 Å². The van der Waals surface area contributed by atoms with Gasteiger partial charge in [-0.2, -0.15) is 0 Å². The Labute approximate surface area is 180 Å². The quantitative estimate of drug-likeness (QED) is 0.742. The molecule has 0 aliphatic carbocycles. The Balaban J connectivity index is 1.39. The molecule has 0 N–H and O–H groups in total. The van der Waals surface area contributed by atoms with E-state index in [1.165, 1.54) is 53.6 Å². The van der Waals surface area contributed by atoms with Gasteiger partial charge in [-0.15, -0.1) is 0 Å². The number of anilines is 1. The Morgan fingerprint density at radius 2 is 2.00 bits per heavy atom. The Morgan fingerprint density at radius 1 is 1.13 bits per heavy atom. The van der Waals surface area contributed by atoms with Crippen LogP contribution in [0.3, 0.4) is 0 Å². The zero-order valence-electron chi connectivity index (χ0n) is 18.8. The fourth-order valence-corrected chi connectivity index (χ4v) is 5.77. The van der Waals surface area contributed by atoms with E-state index in [0.29, 0.717) is 12.1 Å². The molecule has 5 heteroatoms. The molecule has 0 saturated carbocycles. The van der Waals surface area contributed by atoms with E-state index in [2.05, 4.69) is 48.9 Å². The average molecular weight is 407 g/mol. The Kier molecular flexibility index (Phi) is 5.18. The van der Waals surface area contributed by atoms with Crippen LogP contribution in [0.15, 0.2) is 18.3 Å². The standard InChI is InChI=1S/C25H34N4O/c1-16-6-5-9-28(14-16)25-26-13-21-22(27-25)12-20-7-8-23(21)29(20)15-19-10-18(3)24(30-4)11-17(19)2/h10-11,13,16,20,23H,5-9,12,14-15H2,1-4H3/t16-,20-,23+/m0/s1. The molecule has 5 nitrogen and oxygen atoms in total. The lowest BCUT2D eigenvalue weighted by atomic mass is 9.97. The summed E-state index contributed by atoms with van der Waals surface area (Å²) < 4.78 is 5.51. The first-order valence-corrected chi connectivity index (χ1v) is 11.5. The molecule has 0 spiro atoms. The third kappa shape index (κ3) is 3.47. The molecule has 1 aromatic carbocycles. The van der Waals surface area contributed by atoms with Gasteiger partial charge in [0, 0.05) is 49.9 Å². The fraction of sp³-hybridized carbons (Fsp3) is 0.600. The molecule has 0 radical (unpaired) electrons.